The average molecular weight is 266 g/mol. The predicted octanol–water partition coefficient (Wildman–Crippen LogP) is 2.28. The Morgan fingerprint density at radius 2 is 2.17 bits per heavy atom. The topological polar surface area (TPSA) is 50.7 Å². The van der Waals surface area contributed by atoms with Crippen LogP contribution in [0.25, 0.3) is 10.7 Å². The van der Waals surface area contributed by atoms with Crippen molar-refractivity contribution in [1.82, 2.24) is 20.5 Å². The molecule has 0 aliphatic carbocycles. The van der Waals surface area contributed by atoms with Crippen molar-refractivity contribution in [3.05, 3.63) is 29.2 Å². The molecule has 2 rings (SSSR count). The zero-order valence-electron chi connectivity index (χ0n) is 10.2. The Morgan fingerprint density at radius 3 is 2.89 bits per heavy atom. The lowest BCUT2D eigenvalue weighted by Crippen LogP contribution is -2.17. The molecule has 0 fully saturated rings. The van der Waals surface area contributed by atoms with Gasteiger partial charge in [0.25, 0.3) is 0 Å². The Morgan fingerprint density at radius 1 is 1.28 bits per heavy atom. The largest absolute Gasteiger partial charge is 0.316 e. The van der Waals surface area contributed by atoms with E-state index in [1.165, 1.54) is 23.6 Å². The number of halogens is 1. The summed E-state index contributed by atoms with van der Waals surface area (Å²) in [5.41, 5.74) is 0.668. The van der Waals surface area contributed by atoms with Gasteiger partial charge in [-0.15, -0.1) is 10.2 Å². The lowest BCUT2D eigenvalue weighted by atomic mass is 10.4. The zero-order chi connectivity index (χ0) is 12.8. The number of aromatic nitrogens is 3. The third-order valence-corrected chi connectivity index (χ3v) is 3.36. The smallest absolute Gasteiger partial charge is 0.166 e. The maximum atomic E-state index is 12.7. The van der Waals surface area contributed by atoms with Crippen molar-refractivity contribution < 1.29 is 4.39 Å². The van der Waals surface area contributed by atoms with Crippen LogP contribution in [0.3, 0.4) is 0 Å². The number of hydrogen-bond donors (Lipinski definition) is 1. The lowest BCUT2D eigenvalue weighted by molar-refractivity contribution is 0.622. The van der Waals surface area contributed by atoms with Gasteiger partial charge in [0.1, 0.15) is 16.5 Å². The first-order valence-electron chi connectivity index (χ1n) is 5.94. The van der Waals surface area contributed by atoms with E-state index in [-0.39, 0.29) is 5.82 Å². The second-order valence-electron chi connectivity index (χ2n) is 3.86. The van der Waals surface area contributed by atoms with E-state index in [1.54, 1.807) is 6.07 Å². The molecule has 4 nitrogen and oxygen atoms in total. The maximum absolute atomic E-state index is 12.7. The Balaban J connectivity index is 1.95. The fourth-order valence-electron chi connectivity index (χ4n) is 1.46. The highest BCUT2D eigenvalue weighted by atomic mass is 32.1. The minimum Gasteiger partial charge on any atom is -0.316 e. The first kappa shape index (κ1) is 13.0. The molecular weight excluding hydrogens is 251 g/mol. The molecule has 2 aromatic rings. The Kier molecular flexibility index (Phi) is 4.72. The first-order valence-corrected chi connectivity index (χ1v) is 6.76. The third-order valence-electron chi connectivity index (χ3n) is 2.36. The van der Waals surface area contributed by atoms with Gasteiger partial charge in [-0.1, -0.05) is 18.3 Å². The highest BCUT2D eigenvalue weighted by molar-refractivity contribution is 7.14. The molecule has 96 valence electrons. The first-order chi connectivity index (χ1) is 8.79. The standard InChI is InChI=1S/C12H15FN4S/c1-2-6-14-7-5-11-16-17-12(18-11)10-4-3-9(13)8-15-10/h3-4,8,14H,2,5-7H2,1H3. The van der Waals surface area contributed by atoms with Crippen molar-refractivity contribution in [3.8, 4) is 10.7 Å². The van der Waals surface area contributed by atoms with Crippen molar-refractivity contribution in [2.75, 3.05) is 13.1 Å². The number of rotatable bonds is 6. The minimum absolute atomic E-state index is 0.341. The molecule has 0 aliphatic heterocycles. The molecule has 0 saturated carbocycles. The van der Waals surface area contributed by atoms with Crippen molar-refractivity contribution in [3.63, 3.8) is 0 Å². The molecule has 6 heteroatoms. The monoisotopic (exact) mass is 266 g/mol. The summed E-state index contributed by atoms with van der Waals surface area (Å²) in [4.78, 5) is 3.99. The fraction of sp³-hybridized carbons (Fsp3) is 0.417. The summed E-state index contributed by atoms with van der Waals surface area (Å²) >= 11 is 1.50. The number of hydrogen-bond acceptors (Lipinski definition) is 5. The second-order valence-corrected chi connectivity index (χ2v) is 4.92. The number of pyridine rings is 1. The van der Waals surface area contributed by atoms with Crippen molar-refractivity contribution >= 4 is 11.3 Å². The van der Waals surface area contributed by atoms with E-state index in [1.807, 2.05) is 0 Å². The highest BCUT2D eigenvalue weighted by Crippen LogP contribution is 2.21. The summed E-state index contributed by atoms with van der Waals surface area (Å²) < 4.78 is 12.7. The van der Waals surface area contributed by atoms with Gasteiger partial charge in [-0.2, -0.15) is 0 Å². The van der Waals surface area contributed by atoms with Crippen LogP contribution in [0.1, 0.15) is 18.4 Å². The summed E-state index contributed by atoms with van der Waals surface area (Å²) in [6, 6.07) is 3.00. The molecule has 0 unspecified atom stereocenters. The molecule has 0 radical (unpaired) electrons. The molecule has 2 heterocycles. The van der Waals surface area contributed by atoms with Gasteiger partial charge in [-0.3, -0.25) is 4.98 Å². The van der Waals surface area contributed by atoms with Crippen molar-refractivity contribution in [2.45, 2.75) is 19.8 Å². The predicted molar refractivity (Wildman–Crippen MR) is 70.0 cm³/mol. The quantitative estimate of drug-likeness (QED) is 0.815. The van der Waals surface area contributed by atoms with Crippen LogP contribution in [0.2, 0.25) is 0 Å². The molecule has 0 spiro atoms. The lowest BCUT2D eigenvalue weighted by Gasteiger charge is -1.98. The van der Waals surface area contributed by atoms with Gasteiger partial charge in [0.05, 0.1) is 6.20 Å². The van der Waals surface area contributed by atoms with Crippen LogP contribution in [-0.2, 0) is 6.42 Å². The van der Waals surface area contributed by atoms with E-state index in [2.05, 4.69) is 27.4 Å². The van der Waals surface area contributed by atoms with Gasteiger partial charge in [0, 0.05) is 13.0 Å². The maximum Gasteiger partial charge on any atom is 0.166 e. The summed E-state index contributed by atoms with van der Waals surface area (Å²) in [6.45, 7) is 4.06. The Labute approximate surface area is 109 Å². The van der Waals surface area contributed by atoms with Gasteiger partial charge in [0.15, 0.2) is 5.01 Å². The van der Waals surface area contributed by atoms with Gasteiger partial charge in [-0.25, -0.2) is 4.39 Å². The highest BCUT2D eigenvalue weighted by Gasteiger charge is 2.07. The average Bonchev–Trinajstić information content (AvgIpc) is 2.84. The van der Waals surface area contributed by atoms with E-state index in [9.17, 15) is 4.39 Å². The Bertz CT molecular complexity index is 483. The van der Waals surface area contributed by atoms with E-state index in [0.717, 1.165) is 35.9 Å². The molecule has 0 amide bonds. The van der Waals surface area contributed by atoms with E-state index in [0.29, 0.717) is 5.69 Å². The van der Waals surface area contributed by atoms with E-state index < -0.39 is 0 Å². The van der Waals surface area contributed by atoms with E-state index in [4.69, 9.17) is 0 Å². The molecule has 0 aromatic carbocycles. The van der Waals surface area contributed by atoms with Crippen LogP contribution >= 0.6 is 11.3 Å². The van der Waals surface area contributed by atoms with Gasteiger partial charge < -0.3 is 5.32 Å². The Hall–Kier alpha value is -1.40. The van der Waals surface area contributed by atoms with Crippen LogP contribution in [0, 0.1) is 5.82 Å². The summed E-state index contributed by atoms with van der Waals surface area (Å²) in [5.74, 6) is -0.341. The number of nitrogens with one attached hydrogen (secondary N) is 1. The van der Waals surface area contributed by atoms with Crippen LogP contribution in [-0.4, -0.2) is 28.3 Å². The summed E-state index contributed by atoms with van der Waals surface area (Å²) in [6.07, 6.45) is 3.18. The molecular formula is C12H15FN4S. The third kappa shape index (κ3) is 3.54. The molecule has 0 bridgehead atoms. The zero-order valence-corrected chi connectivity index (χ0v) is 11.0. The SMILES string of the molecule is CCCNCCc1nnc(-c2ccc(F)cn2)s1. The van der Waals surface area contributed by atoms with Crippen LogP contribution < -0.4 is 5.32 Å². The van der Waals surface area contributed by atoms with Crippen LogP contribution in [0.5, 0.6) is 0 Å². The van der Waals surface area contributed by atoms with Gasteiger partial charge >= 0.3 is 0 Å². The van der Waals surface area contributed by atoms with Crippen LogP contribution in [0.4, 0.5) is 4.39 Å². The summed E-state index contributed by atoms with van der Waals surface area (Å²) in [5, 5.41) is 13.2. The van der Waals surface area contributed by atoms with Gasteiger partial charge in [-0.05, 0) is 25.1 Å². The second kappa shape index (κ2) is 6.51. The normalized spacial score (nSPS) is 10.8. The van der Waals surface area contributed by atoms with Crippen LogP contribution in [0.15, 0.2) is 18.3 Å². The van der Waals surface area contributed by atoms with Crippen molar-refractivity contribution in [2.24, 2.45) is 0 Å². The molecule has 0 atom stereocenters. The molecule has 0 aliphatic rings. The summed E-state index contributed by atoms with van der Waals surface area (Å²) in [7, 11) is 0. The minimum atomic E-state index is -0.341. The van der Waals surface area contributed by atoms with Crippen molar-refractivity contribution in [1.29, 1.82) is 0 Å². The number of nitrogens with zero attached hydrogens (tertiary/aromatic N) is 3. The van der Waals surface area contributed by atoms with Gasteiger partial charge in [0.2, 0.25) is 0 Å². The molecule has 2 aromatic heterocycles. The molecule has 18 heavy (non-hydrogen) atoms. The fourth-order valence-corrected chi connectivity index (χ4v) is 2.27. The van der Waals surface area contributed by atoms with E-state index >= 15 is 0 Å². The molecule has 1 N–H and O–H groups in total. The molecule has 0 saturated heterocycles.